The van der Waals surface area contributed by atoms with E-state index in [9.17, 15) is 4.79 Å². The van der Waals surface area contributed by atoms with Crippen molar-refractivity contribution in [1.82, 2.24) is 19.7 Å². The van der Waals surface area contributed by atoms with Gasteiger partial charge in [-0.15, -0.1) is 0 Å². The molecule has 3 aromatic rings. The van der Waals surface area contributed by atoms with Crippen LogP contribution in [-0.2, 0) is 0 Å². The van der Waals surface area contributed by atoms with Gasteiger partial charge in [0.15, 0.2) is 0 Å². The Kier molecular flexibility index (Phi) is 3.60. The summed E-state index contributed by atoms with van der Waals surface area (Å²) in [6.07, 6.45) is 0. The molecule has 25 heavy (non-hydrogen) atoms. The summed E-state index contributed by atoms with van der Waals surface area (Å²) in [5.74, 6) is 0.0823. The number of nitrogens with zero attached hydrogens (tertiary/aromatic N) is 4. The van der Waals surface area contributed by atoms with Gasteiger partial charge in [0.25, 0.3) is 5.91 Å². The summed E-state index contributed by atoms with van der Waals surface area (Å²) in [5.41, 5.74) is 5.80. The van der Waals surface area contributed by atoms with E-state index in [1.807, 2.05) is 54.6 Å². The first-order chi connectivity index (χ1) is 11.9. The molecule has 0 atom stereocenters. The molecule has 1 fully saturated rings. The quantitative estimate of drug-likeness (QED) is 0.722. The molecule has 0 bridgehead atoms. The number of aryl methyl sites for hydroxylation is 4. The number of likely N-dealkylation sites (tertiary alicyclic amines) is 1. The second kappa shape index (κ2) is 5.69. The van der Waals surface area contributed by atoms with Crippen molar-refractivity contribution < 1.29 is 4.79 Å². The van der Waals surface area contributed by atoms with E-state index in [-0.39, 0.29) is 11.9 Å². The van der Waals surface area contributed by atoms with Crippen molar-refractivity contribution in [3.63, 3.8) is 0 Å². The van der Waals surface area contributed by atoms with Gasteiger partial charge in [0.2, 0.25) is 0 Å². The van der Waals surface area contributed by atoms with Gasteiger partial charge in [-0.1, -0.05) is 11.6 Å². The summed E-state index contributed by atoms with van der Waals surface area (Å²) in [7, 11) is 0. The van der Waals surface area contributed by atoms with Gasteiger partial charge < -0.3 is 4.90 Å². The molecule has 128 valence electrons. The maximum absolute atomic E-state index is 13.0. The van der Waals surface area contributed by atoms with Crippen molar-refractivity contribution in [1.29, 1.82) is 0 Å². The van der Waals surface area contributed by atoms with Crippen molar-refractivity contribution in [2.24, 2.45) is 0 Å². The van der Waals surface area contributed by atoms with E-state index in [0.29, 0.717) is 13.1 Å². The van der Waals surface area contributed by atoms with Crippen molar-refractivity contribution in [2.75, 3.05) is 13.1 Å². The minimum Gasteiger partial charge on any atom is -0.334 e. The molecule has 4 rings (SSSR count). The zero-order valence-corrected chi connectivity index (χ0v) is 15.1. The smallest absolute Gasteiger partial charge is 0.254 e. The molecule has 0 unspecified atom stereocenters. The van der Waals surface area contributed by atoms with E-state index in [2.05, 4.69) is 23.1 Å². The van der Waals surface area contributed by atoms with Crippen molar-refractivity contribution in [2.45, 2.75) is 33.7 Å². The number of carbonyl (C=O) groups excluding carboxylic acids is 1. The van der Waals surface area contributed by atoms with E-state index in [1.165, 1.54) is 0 Å². The fourth-order valence-corrected chi connectivity index (χ4v) is 3.61. The molecule has 1 saturated heterocycles. The average molecular weight is 334 g/mol. The summed E-state index contributed by atoms with van der Waals surface area (Å²) in [6.45, 7) is 9.44. The Labute approximate surface area is 147 Å². The average Bonchev–Trinajstić information content (AvgIpc) is 2.84. The minimum absolute atomic E-state index is 0.0823. The van der Waals surface area contributed by atoms with Gasteiger partial charge in [0.1, 0.15) is 0 Å². The van der Waals surface area contributed by atoms with Gasteiger partial charge in [-0.2, -0.15) is 5.10 Å². The van der Waals surface area contributed by atoms with Crippen LogP contribution >= 0.6 is 0 Å². The van der Waals surface area contributed by atoms with Gasteiger partial charge in [0, 0.05) is 29.9 Å². The first-order valence-corrected chi connectivity index (χ1v) is 8.62. The van der Waals surface area contributed by atoms with E-state index in [0.717, 1.165) is 39.1 Å². The third kappa shape index (κ3) is 2.69. The molecule has 1 amide bonds. The molecule has 1 aromatic carbocycles. The molecule has 3 heterocycles. The number of pyridine rings is 1. The van der Waals surface area contributed by atoms with Crippen LogP contribution in [0.2, 0.25) is 0 Å². The van der Waals surface area contributed by atoms with Crippen molar-refractivity contribution in [3.8, 4) is 0 Å². The summed E-state index contributed by atoms with van der Waals surface area (Å²) < 4.78 is 2.04. The van der Waals surface area contributed by atoms with Crippen LogP contribution in [0.5, 0.6) is 0 Å². The van der Waals surface area contributed by atoms with E-state index < -0.39 is 0 Å². The third-order valence-electron chi connectivity index (χ3n) is 4.86. The zero-order valence-electron chi connectivity index (χ0n) is 15.1. The van der Waals surface area contributed by atoms with Gasteiger partial charge in [-0.25, -0.2) is 0 Å². The highest BCUT2D eigenvalue weighted by molar-refractivity contribution is 6.06. The Bertz CT molecular complexity index is 983. The highest BCUT2D eigenvalue weighted by Gasteiger charge is 2.34. The van der Waals surface area contributed by atoms with Crippen LogP contribution in [0.25, 0.3) is 10.9 Å². The number of fused-ring (bicyclic) bond motifs is 1. The minimum atomic E-state index is 0.0823. The zero-order chi connectivity index (χ0) is 17.7. The molecule has 0 saturated carbocycles. The van der Waals surface area contributed by atoms with Crippen LogP contribution in [0.1, 0.15) is 39.0 Å². The first-order valence-electron chi connectivity index (χ1n) is 8.62. The Hall–Kier alpha value is -2.69. The maximum atomic E-state index is 13.0. The summed E-state index contributed by atoms with van der Waals surface area (Å²) >= 11 is 0. The molecule has 5 heteroatoms. The molecule has 0 N–H and O–H groups in total. The lowest BCUT2D eigenvalue weighted by atomic mass is 10.0. The number of carbonyl (C=O) groups is 1. The second-order valence-corrected chi connectivity index (χ2v) is 7.07. The molecule has 0 aliphatic carbocycles. The molecular formula is C20H22N4O. The van der Waals surface area contributed by atoms with E-state index in [4.69, 9.17) is 0 Å². The fourth-order valence-electron chi connectivity index (χ4n) is 3.61. The Morgan fingerprint density at radius 1 is 1.04 bits per heavy atom. The van der Waals surface area contributed by atoms with Crippen molar-refractivity contribution >= 4 is 16.8 Å². The number of hydrogen-bond acceptors (Lipinski definition) is 3. The Morgan fingerprint density at radius 3 is 2.48 bits per heavy atom. The highest BCUT2D eigenvalue weighted by Crippen LogP contribution is 2.27. The SMILES string of the molecule is Cc1ccc2nc(C)cc(C(=O)N3CC(n4nc(C)cc4C)C3)c2c1. The van der Waals surface area contributed by atoms with Crippen LogP contribution in [-0.4, -0.2) is 38.7 Å². The molecular weight excluding hydrogens is 312 g/mol. The molecule has 2 aromatic heterocycles. The fraction of sp³-hybridized carbons (Fsp3) is 0.350. The first kappa shape index (κ1) is 15.8. The van der Waals surface area contributed by atoms with Crippen molar-refractivity contribution in [3.05, 3.63) is 58.5 Å². The summed E-state index contributed by atoms with van der Waals surface area (Å²) in [5, 5.41) is 5.48. The molecule has 1 aliphatic rings. The lowest BCUT2D eigenvalue weighted by molar-refractivity contribution is 0.0499. The largest absolute Gasteiger partial charge is 0.334 e. The summed E-state index contributed by atoms with van der Waals surface area (Å²) in [6, 6.07) is 10.3. The lowest BCUT2D eigenvalue weighted by Gasteiger charge is -2.40. The number of aromatic nitrogens is 3. The molecule has 5 nitrogen and oxygen atoms in total. The molecule has 0 spiro atoms. The van der Waals surface area contributed by atoms with E-state index in [1.54, 1.807) is 0 Å². The van der Waals surface area contributed by atoms with Gasteiger partial charge in [-0.3, -0.25) is 14.5 Å². The number of rotatable bonds is 2. The predicted octanol–water partition coefficient (Wildman–Crippen LogP) is 3.36. The topological polar surface area (TPSA) is 51.0 Å². The van der Waals surface area contributed by atoms with Crippen LogP contribution in [0.15, 0.2) is 30.3 Å². The van der Waals surface area contributed by atoms with Crippen LogP contribution < -0.4 is 0 Å². The number of amides is 1. The standard InChI is InChI=1S/C20H22N4O/c1-12-5-6-19-17(7-12)18(9-13(2)21-19)20(25)23-10-16(11-23)24-15(4)8-14(3)22-24/h5-9,16H,10-11H2,1-4H3. The second-order valence-electron chi connectivity index (χ2n) is 7.07. The van der Waals surface area contributed by atoms with Crippen LogP contribution in [0.4, 0.5) is 0 Å². The number of hydrogen-bond donors (Lipinski definition) is 0. The van der Waals surface area contributed by atoms with Gasteiger partial charge in [-0.05, 0) is 52.0 Å². The molecule has 0 radical (unpaired) electrons. The molecule has 1 aliphatic heterocycles. The summed E-state index contributed by atoms with van der Waals surface area (Å²) in [4.78, 5) is 19.5. The Morgan fingerprint density at radius 2 is 1.80 bits per heavy atom. The normalized spacial score (nSPS) is 14.8. The monoisotopic (exact) mass is 334 g/mol. The number of benzene rings is 1. The third-order valence-corrected chi connectivity index (χ3v) is 4.86. The van der Waals surface area contributed by atoms with Gasteiger partial charge >= 0.3 is 0 Å². The Balaban J connectivity index is 1.61. The maximum Gasteiger partial charge on any atom is 0.254 e. The van der Waals surface area contributed by atoms with Crippen LogP contribution in [0, 0.1) is 27.7 Å². The van der Waals surface area contributed by atoms with Gasteiger partial charge in [0.05, 0.1) is 22.8 Å². The predicted molar refractivity (Wildman–Crippen MR) is 97.9 cm³/mol. The van der Waals surface area contributed by atoms with Crippen LogP contribution in [0.3, 0.4) is 0 Å². The lowest BCUT2D eigenvalue weighted by Crippen LogP contribution is -2.51. The van der Waals surface area contributed by atoms with E-state index >= 15 is 0 Å². The highest BCUT2D eigenvalue weighted by atomic mass is 16.2.